The molecule has 0 radical (unpaired) electrons. The van der Waals surface area contributed by atoms with Gasteiger partial charge in [-0.15, -0.1) is 0 Å². The molecule has 0 aromatic carbocycles. The van der Waals surface area contributed by atoms with Crippen molar-refractivity contribution in [2.24, 2.45) is 0 Å². The van der Waals surface area contributed by atoms with E-state index in [0.29, 0.717) is 18.7 Å². The van der Waals surface area contributed by atoms with Gasteiger partial charge in [-0.2, -0.15) is 0 Å². The largest absolute Gasteiger partial charge is 0.447 e. The molecular weight excluding hydrogens is 260 g/mol. The number of esters is 1. The maximum Gasteiger partial charge on any atom is 0.410 e. The number of aromatic nitrogens is 1. The molecule has 0 bridgehead atoms. The summed E-state index contributed by atoms with van der Waals surface area (Å²) in [6, 6.07) is 1.77. The highest BCUT2D eigenvalue weighted by molar-refractivity contribution is 5.95. The highest BCUT2D eigenvalue weighted by atomic mass is 16.6. The number of carbonyl (C=O) groups excluding carboxylic acids is 2. The van der Waals surface area contributed by atoms with Crippen LogP contribution in [0.5, 0.6) is 0 Å². The topological polar surface area (TPSA) is 68.7 Å². The number of fused-ring (bicyclic) bond motifs is 2. The normalized spacial score (nSPS) is 19.4. The maximum absolute atomic E-state index is 11.9. The molecule has 106 valence electrons. The van der Waals surface area contributed by atoms with Crippen molar-refractivity contribution >= 4 is 12.1 Å². The monoisotopic (exact) mass is 276 g/mol. The van der Waals surface area contributed by atoms with Crippen molar-refractivity contribution in [3.8, 4) is 0 Å². The van der Waals surface area contributed by atoms with Crippen LogP contribution in [0.15, 0.2) is 18.5 Å². The quantitative estimate of drug-likeness (QED) is 0.675. The van der Waals surface area contributed by atoms with E-state index in [4.69, 9.17) is 9.47 Å². The Morgan fingerprint density at radius 1 is 1.45 bits per heavy atom. The van der Waals surface area contributed by atoms with Crippen LogP contribution in [0.2, 0.25) is 0 Å². The summed E-state index contributed by atoms with van der Waals surface area (Å²) in [4.78, 5) is 29.2. The minimum absolute atomic E-state index is 0.324. The molecule has 1 aromatic rings. The number of likely N-dealkylation sites (tertiary alicyclic amines) is 1. The van der Waals surface area contributed by atoms with Crippen molar-refractivity contribution in [2.45, 2.75) is 32.0 Å². The molecule has 1 spiro atoms. The Bertz CT molecular complexity index is 585. The number of ether oxygens (including phenoxy) is 2. The third kappa shape index (κ3) is 1.92. The second kappa shape index (κ2) is 3.94. The Kier molecular flexibility index (Phi) is 2.54. The zero-order chi connectivity index (χ0) is 14.5. The number of hydrogen-bond acceptors (Lipinski definition) is 5. The molecular formula is C14H16N2O4. The summed E-state index contributed by atoms with van der Waals surface area (Å²) in [6.45, 7) is 6.10. The molecule has 3 heterocycles. The van der Waals surface area contributed by atoms with Gasteiger partial charge >= 0.3 is 12.1 Å². The molecule has 1 fully saturated rings. The van der Waals surface area contributed by atoms with Gasteiger partial charge in [0.05, 0.1) is 18.7 Å². The van der Waals surface area contributed by atoms with Crippen LogP contribution in [-0.4, -0.2) is 40.6 Å². The molecule has 1 amide bonds. The van der Waals surface area contributed by atoms with E-state index in [9.17, 15) is 9.59 Å². The van der Waals surface area contributed by atoms with Crippen LogP contribution >= 0.6 is 0 Å². The van der Waals surface area contributed by atoms with Gasteiger partial charge in [0.15, 0.2) is 5.60 Å². The van der Waals surface area contributed by atoms with E-state index < -0.39 is 11.2 Å². The van der Waals surface area contributed by atoms with Gasteiger partial charge in [-0.05, 0) is 26.8 Å². The number of nitrogens with zero attached hydrogens (tertiary/aromatic N) is 2. The average Bonchev–Trinajstić information content (AvgIpc) is 2.59. The minimum Gasteiger partial charge on any atom is -0.447 e. The summed E-state index contributed by atoms with van der Waals surface area (Å²) in [5, 5.41) is 0. The lowest BCUT2D eigenvalue weighted by Gasteiger charge is -2.46. The fourth-order valence-corrected chi connectivity index (χ4v) is 2.50. The van der Waals surface area contributed by atoms with Crippen LogP contribution in [0, 0.1) is 0 Å². The highest BCUT2D eigenvalue weighted by Crippen LogP contribution is 2.43. The Labute approximate surface area is 116 Å². The van der Waals surface area contributed by atoms with Crippen LogP contribution in [0.4, 0.5) is 4.79 Å². The summed E-state index contributed by atoms with van der Waals surface area (Å²) in [5.74, 6) is -0.378. The molecule has 20 heavy (non-hydrogen) atoms. The SMILES string of the molecule is CC(C)(C)OC(=O)N1CC2(C1)OC(=O)c1cnccc12. The lowest BCUT2D eigenvalue weighted by molar-refractivity contribution is -0.104. The smallest absolute Gasteiger partial charge is 0.410 e. The van der Waals surface area contributed by atoms with E-state index in [-0.39, 0.29) is 12.1 Å². The standard InChI is InChI=1S/C14H16N2O4/c1-13(2,3)20-12(18)16-7-14(8-16)10-4-5-15-6-9(10)11(17)19-14/h4-6H,7-8H2,1-3H3. The van der Waals surface area contributed by atoms with E-state index in [0.717, 1.165) is 5.56 Å². The van der Waals surface area contributed by atoms with Crippen LogP contribution in [-0.2, 0) is 15.1 Å². The van der Waals surface area contributed by atoms with E-state index in [2.05, 4.69) is 4.98 Å². The molecule has 2 aliphatic rings. The molecule has 0 atom stereocenters. The molecule has 2 aliphatic heterocycles. The maximum atomic E-state index is 11.9. The highest BCUT2D eigenvalue weighted by Gasteiger charge is 2.56. The third-order valence-corrected chi connectivity index (χ3v) is 3.36. The van der Waals surface area contributed by atoms with Crippen molar-refractivity contribution in [1.82, 2.24) is 9.88 Å². The van der Waals surface area contributed by atoms with E-state index in [1.54, 1.807) is 12.3 Å². The first-order valence-electron chi connectivity index (χ1n) is 6.46. The van der Waals surface area contributed by atoms with Crippen molar-refractivity contribution in [1.29, 1.82) is 0 Å². The molecule has 6 heteroatoms. The number of amides is 1. The summed E-state index contributed by atoms with van der Waals surface area (Å²) in [7, 11) is 0. The first kappa shape index (κ1) is 12.9. The van der Waals surface area contributed by atoms with Crippen LogP contribution in [0.3, 0.4) is 0 Å². The molecule has 0 N–H and O–H groups in total. The molecule has 1 aromatic heterocycles. The number of rotatable bonds is 0. The summed E-state index contributed by atoms with van der Waals surface area (Å²) in [5.41, 5.74) is 0.0361. The van der Waals surface area contributed by atoms with E-state index in [1.807, 2.05) is 20.8 Å². The van der Waals surface area contributed by atoms with Crippen LogP contribution in [0.1, 0.15) is 36.7 Å². The predicted molar refractivity (Wildman–Crippen MR) is 69.1 cm³/mol. The lowest BCUT2D eigenvalue weighted by atomic mass is 9.86. The second-order valence-corrected chi connectivity index (χ2v) is 6.14. The molecule has 6 nitrogen and oxygen atoms in total. The number of hydrogen-bond donors (Lipinski definition) is 0. The Hall–Kier alpha value is -2.11. The zero-order valence-electron chi connectivity index (χ0n) is 11.7. The van der Waals surface area contributed by atoms with Gasteiger partial charge in [0.2, 0.25) is 0 Å². The molecule has 0 aliphatic carbocycles. The first-order valence-corrected chi connectivity index (χ1v) is 6.46. The fraction of sp³-hybridized carbons (Fsp3) is 0.500. The van der Waals surface area contributed by atoms with Gasteiger partial charge in [0.25, 0.3) is 0 Å². The number of pyridine rings is 1. The van der Waals surface area contributed by atoms with Gasteiger partial charge in [-0.25, -0.2) is 9.59 Å². The predicted octanol–water partition coefficient (Wildman–Crippen LogP) is 1.70. The fourth-order valence-electron chi connectivity index (χ4n) is 2.50. The third-order valence-electron chi connectivity index (χ3n) is 3.36. The minimum atomic E-state index is -0.716. The Balaban J connectivity index is 1.75. The summed E-state index contributed by atoms with van der Waals surface area (Å²) >= 11 is 0. The Morgan fingerprint density at radius 2 is 2.15 bits per heavy atom. The second-order valence-electron chi connectivity index (χ2n) is 6.14. The van der Waals surface area contributed by atoms with Crippen molar-refractivity contribution in [2.75, 3.05) is 13.1 Å². The molecule has 0 saturated carbocycles. The van der Waals surface area contributed by atoms with Gasteiger partial charge < -0.3 is 9.47 Å². The Morgan fingerprint density at radius 3 is 2.80 bits per heavy atom. The van der Waals surface area contributed by atoms with Gasteiger partial charge in [0.1, 0.15) is 5.60 Å². The zero-order valence-corrected chi connectivity index (χ0v) is 11.7. The first-order chi connectivity index (χ1) is 9.31. The van der Waals surface area contributed by atoms with Gasteiger partial charge in [-0.1, -0.05) is 0 Å². The van der Waals surface area contributed by atoms with Gasteiger partial charge in [-0.3, -0.25) is 9.88 Å². The average molecular weight is 276 g/mol. The van der Waals surface area contributed by atoms with Crippen LogP contribution in [0.25, 0.3) is 0 Å². The van der Waals surface area contributed by atoms with Gasteiger partial charge in [0, 0.05) is 18.0 Å². The molecule has 0 unspecified atom stereocenters. The van der Waals surface area contributed by atoms with Crippen LogP contribution < -0.4 is 0 Å². The van der Waals surface area contributed by atoms with E-state index in [1.165, 1.54) is 11.1 Å². The molecule has 3 rings (SSSR count). The van der Waals surface area contributed by atoms with Crippen molar-refractivity contribution < 1.29 is 19.1 Å². The summed E-state index contributed by atoms with van der Waals surface area (Å²) < 4.78 is 10.7. The number of carbonyl (C=O) groups is 2. The molecule has 1 saturated heterocycles. The van der Waals surface area contributed by atoms with E-state index >= 15 is 0 Å². The summed E-state index contributed by atoms with van der Waals surface area (Å²) in [6.07, 6.45) is 2.74. The van der Waals surface area contributed by atoms with Crippen molar-refractivity contribution in [3.05, 3.63) is 29.6 Å². The lowest BCUT2D eigenvalue weighted by Crippen LogP contribution is -2.62. The van der Waals surface area contributed by atoms with Crippen molar-refractivity contribution in [3.63, 3.8) is 0 Å².